The van der Waals surface area contributed by atoms with Crippen LogP contribution in [0.3, 0.4) is 0 Å². The van der Waals surface area contributed by atoms with Crippen LogP contribution in [-0.2, 0) is 6.54 Å². The summed E-state index contributed by atoms with van der Waals surface area (Å²) in [6, 6.07) is 7.94. The van der Waals surface area contributed by atoms with Gasteiger partial charge in [0.1, 0.15) is 23.3 Å². The molecule has 1 aliphatic heterocycles. The van der Waals surface area contributed by atoms with Gasteiger partial charge < -0.3 is 10.6 Å². The Labute approximate surface area is 205 Å². The lowest BCUT2D eigenvalue weighted by molar-refractivity contribution is 0.102. The van der Waals surface area contributed by atoms with Crippen molar-refractivity contribution in [1.82, 2.24) is 30.2 Å². The molecule has 2 aromatic heterocycles. The third-order valence-electron chi connectivity index (χ3n) is 6.27. The van der Waals surface area contributed by atoms with Gasteiger partial charge in [-0.1, -0.05) is 5.21 Å². The number of carbonyl (C=O) groups excluding carboxylic acids is 1. The number of rotatable bonds is 5. The lowest BCUT2D eigenvalue weighted by Crippen LogP contribution is -2.43. The highest BCUT2D eigenvalue weighted by atomic mass is 19.1. The number of piperazine rings is 1. The Morgan fingerprint density at radius 1 is 1.06 bits per heavy atom. The summed E-state index contributed by atoms with van der Waals surface area (Å²) in [5.74, 6) is -2.22. The largest absolute Gasteiger partial charge is 0.314 e. The van der Waals surface area contributed by atoms with Crippen molar-refractivity contribution in [2.45, 2.75) is 20.4 Å². The molecule has 0 spiro atoms. The molecule has 0 aliphatic carbocycles. The number of halogens is 3. The molecule has 1 amide bonds. The lowest BCUT2D eigenvalue weighted by Gasteiger charge is -2.27. The predicted molar refractivity (Wildman–Crippen MR) is 129 cm³/mol. The van der Waals surface area contributed by atoms with Gasteiger partial charge in [0.15, 0.2) is 5.69 Å². The third-order valence-corrected chi connectivity index (χ3v) is 6.27. The minimum absolute atomic E-state index is 0.00131. The van der Waals surface area contributed by atoms with E-state index in [-0.39, 0.29) is 28.2 Å². The van der Waals surface area contributed by atoms with Gasteiger partial charge in [0, 0.05) is 55.8 Å². The maximum Gasteiger partial charge on any atom is 0.279 e. The summed E-state index contributed by atoms with van der Waals surface area (Å²) >= 11 is 0. The molecule has 8 nitrogen and oxygen atoms in total. The molecular formula is C25H24F3N7O. The summed E-state index contributed by atoms with van der Waals surface area (Å²) < 4.78 is 44.7. The van der Waals surface area contributed by atoms with Crippen LogP contribution in [0.25, 0.3) is 16.6 Å². The van der Waals surface area contributed by atoms with Crippen molar-refractivity contribution < 1.29 is 18.0 Å². The summed E-state index contributed by atoms with van der Waals surface area (Å²) in [7, 11) is 0. The Morgan fingerprint density at radius 2 is 1.83 bits per heavy atom. The zero-order valence-electron chi connectivity index (χ0n) is 19.8. The smallest absolute Gasteiger partial charge is 0.279 e. The first-order valence-corrected chi connectivity index (χ1v) is 11.5. The van der Waals surface area contributed by atoms with E-state index in [2.05, 4.69) is 30.8 Å². The van der Waals surface area contributed by atoms with E-state index in [1.165, 1.54) is 28.9 Å². The molecule has 0 saturated carbocycles. The van der Waals surface area contributed by atoms with Gasteiger partial charge in [0.25, 0.3) is 5.91 Å². The number of amides is 1. The molecular weight excluding hydrogens is 471 g/mol. The Kier molecular flexibility index (Phi) is 6.42. The molecule has 2 aromatic carbocycles. The summed E-state index contributed by atoms with van der Waals surface area (Å²) in [6.45, 7) is 6.96. The molecule has 5 rings (SSSR count). The Morgan fingerprint density at radius 3 is 2.58 bits per heavy atom. The summed E-state index contributed by atoms with van der Waals surface area (Å²) in [5, 5.41) is 13.9. The number of benzene rings is 2. The minimum atomic E-state index is -0.652. The van der Waals surface area contributed by atoms with Crippen LogP contribution < -0.4 is 10.6 Å². The fraction of sp³-hybridized carbons (Fsp3) is 0.280. The normalized spacial score (nSPS) is 14.4. The number of pyridine rings is 1. The van der Waals surface area contributed by atoms with Crippen molar-refractivity contribution in [3.05, 3.63) is 76.4 Å². The minimum Gasteiger partial charge on any atom is -0.314 e. The topological polar surface area (TPSA) is 88.0 Å². The monoisotopic (exact) mass is 495 g/mol. The molecule has 1 saturated heterocycles. The molecule has 1 fully saturated rings. The second-order valence-electron chi connectivity index (χ2n) is 8.80. The highest BCUT2D eigenvalue weighted by Crippen LogP contribution is 2.25. The Bertz CT molecular complexity index is 1460. The number of fused-ring (bicyclic) bond motifs is 1. The average Bonchev–Trinajstić information content (AvgIpc) is 3.22. The summed E-state index contributed by atoms with van der Waals surface area (Å²) in [4.78, 5) is 19.2. The van der Waals surface area contributed by atoms with Crippen LogP contribution in [0.4, 0.5) is 19.0 Å². The number of hydrogen-bond donors (Lipinski definition) is 2. The second kappa shape index (κ2) is 9.67. The van der Waals surface area contributed by atoms with E-state index in [0.717, 1.165) is 32.2 Å². The Balaban J connectivity index is 1.39. The molecule has 1 aliphatic rings. The van der Waals surface area contributed by atoms with E-state index in [0.29, 0.717) is 29.1 Å². The van der Waals surface area contributed by atoms with E-state index in [4.69, 9.17) is 0 Å². The number of anilines is 1. The standard InChI is InChI=1S/C25H24F3N7O/c1-14-9-17(26)3-4-22(14)35-15(2)24(32-33-35)25(36)31-23-12-20(28)18-10-16(19(27)11-21(18)30-23)13-34-7-5-29-6-8-34/h3-4,9-12,29H,5-8,13H2,1-2H3,(H,30,31,36). The van der Waals surface area contributed by atoms with Crippen molar-refractivity contribution in [3.63, 3.8) is 0 Å². The number of aryl methyl sites for hydroxylation is 1. The zero-order chi connectivity index (χ0) is 25.4. The molecule has 4 aromatic rings. The quantitative estimate of drug-likeness (QED) is 0.441. The molecule has 186 valence electrons. The van der Waals surface area contributed by atoms with Gasteiger partial charge in [-0.25, -0.2) is 22.8 Å². The fourth-order valence-electron chi connectivity index (χ4n) is 4.35. The van der Waals surface area contributed by atoms with Crippen molar-refractivity contribution in [1.29, 1.82) is 0 Å². The van der Waals surface area contributed by atoms with Crippen LogP contribution in [0.15, 0.2) is 36.4 Å². The van der Waals surface area contributed by atoms with E-state index >= 15 is 0 Å². The number of nitrogens with one attached hydrogen (secondary N) is 2. The summed E-state index contributed by atoms with van der Waals surface area (Å²) in [6.07, 6.45) is 0. The first-order valence-electron chi connectivity index (χ1n) is 11.5. The van der Waals surface area contributed by atoms with Gasteiger partial charge >= 0.3 is 0 Å². The van der Waals surface area contributed by atoms with E-state index < -0.39 is 17.5 Å². The second-order valence-corrected chi connectivity index (χ2v) is 8.80. The highest BCUT2D eigenvalue weighted by Gasteiger charge is 2.20. The predicted octanol–water partition coefficient (Wildman–Crippen LogP) is 3.51. The fourth-order valence-corrected chi connectivity index (χ4v) is 4.35. The van der Waals surface area contributed by atoms with E-state index in [1.54, 1.807) is 19.9 Å². The highest BCUT2D eigenvalue weighted by molar-refractivity contribution is 6.03. The lowest BCUT2D eigenvalue weighted by atomic mass is 10.1. The molecule has 0 bridgehead atoms. The molecule has 11 heteroatoms. The van der Waals surface area contributed by atoms with Crippen LogP contribution in [0, 0.1) is 31.3 Å². The third kappa shape index (κ3) is 4.67. The maximum absolute atomic E-state index is 15.0. The first kappa shape index (κ1) is 23.9. The molecule has 0 unspecified atom stereocenters. The number of hydrogen-bond acceptors (Lipinski definition) is 6. The number of nitrogens with zero attached hydrogens (tertiary/aromatic N) is 5. The van der Waals surface area contributed by atoms with Gasteiger partial charge in [-0.05, 0) is 43.7 Å². The van der Waals surface area contributed by atoms with Crippen molar-refractivity contribution >= 4 is 22.6 Å². The van der Waals surface area contributed by atoms with Crippen LogP contribution in [0.5, 0.6) is 0 Å². The van der Waals surface area contributed by atoms with E-state index in [9.17, 15) is 18.0 Å². The molecule has 36 heavy (non-hydrogen) atoms. The number of carbonyl (C=O) groups is 1. The zero-order valence-corrected chi connectivity index (χ0v) is 19.8. The summed E-state index contributed by atoms with van der Waals surface area (Å²) in [5.41, 5.74) is 2.08. The van der Waals surface area contributed by atoms with Crippen LogP contribution in [0.1, 0.15) is 27.3 Å². The van der Waals surface area contributed by atoms with Crippen molar-refractivity contribution in [2.75, 3.05) is 31.5 Å². The van der Waals surface area contributed by atoms with Gasteiger partial charge in [-0.15, -0.1) is 5.10 Å². The molecule has 0 atom stereocenters. The average molecular weight is 496 g/mol. The van der Waals surface area contributed by atoms with Gasteiger partial charge in [-0.2, -0.15) is 0 Å². The van der Waals surface area contributed by atoms with Crippen molar-refractivity contribution in [3.8, 4) is 5.69 Å². The van der Waals surface area contributed by atoms with Gasteiger partial charge in [0.05, 0.1) is 16.9 Å². The van der Waals surface area contributed by atoms with Crippen LogP contribution >= 0.6 is 0 Å². The van der Waals surface area contributed by atoms with Gasteiger partial charge in [0.2, 0.25) is 0 Å². The number of aromatic nitrogens is 4. The molecule has 0 radical (unpaired) electrons. The molecule has 3 heterocycles. The van der Waals surface area contributed by atoms with Crippen LogP contribution in [0.2, 0.25) is 0 Å². The van der Waals surface area contributed by atoms with Crippen LogP contribution in [-0.4, -0.2) is 57.0 Å². The first-order chi connectivity index (χ1) is 17.3. The van der Waals surface area contributed by atoms with Gasteiger partial charge in [-0.3, -0.25) is 9.69 Å². The molecule has 2 N–H and O–H groups in total. The Hall–Kier alpha value is -3.83. The van der Waals surface area contributed by atoms with Crippen molar-refractivity contribution in [2.24, 2.45) is 0 Å². The van der Waals surface area contributed by atoms with E-state index in [1.807, 2.05) is 0 Å². The SMILES string of the molecule is Cc1cc(F)ccc1-n1nnc(C(=O)Nc2cc(F)c3cc(CN4CCNCC4)c(F)cc3n2)c1C. The maximum atomic E-state index is 15.0.